The van der Waals surface area contributed by atoms with Gasteiger partial charge in [0, 0.05) is 5.69 Å². The molecule has 1 aliphatic heterocycles. The predicted molar refractivity (Wildman–Crippen MR) is 133 cm³/mol. The van der Waals surface area contributed by atoms with Gasteiger partial charge in [0.05, 0.1) is 59.7 Å². The number of rotatable bonds is 8. The zero-order valence-corrected chi connectivity index (χ0v) is 21.7. The molecule has 0 fully saturated rings. The normalized spacial score (nSPS) is 13.6. The van der Waals surface area contributed by atoms with E-state index >= 15 is 0 Å². The van der Waals surface area contributed by atoms with Gasteiger partial charge in [0.25, 0.3) is 0 Å². The van der Waals surface area contributed by atoms with E-state index in [0.717, 1.165) is 33.3 Å². The second-order valence-electron chi connectivity index (χ2n) is 7.73. The van der Waals surface area contributed by atoms with Gasteiger partial charge in [-0.3, -0.25) is 4.90 Å². The summed E-state index contributed by atoms with van der Waals surface area (Å²) in [5.74, 6) is -4.10. The Bertz CT molecular complexity index is 1140. The summed E-state index contributed by atoms with van der Waals surface area (Å²) in [6.07, 6.45) is 0. The summed E-state index contributed by atoms with van der Waals surface area (Å²) >= 11 is 0. The Morgan fingerprint density at radius 2 is 0.921 bits per heavy atom. The molecule has 0 unspecified atom stereocenters. The molecule has 2 aromatic carbocycles. The summed E-state index contributed by atoms with van der Waals surface area (Å²) in [6, 6.07) is 12.6. The third kappa shape index (κ3) is 5.03. The predicted octanol–water partition coefficient (Wildman–Crippen LogP) is 2.51. The van der Waals surface area contributed by atoms with Crippen molar-refractivity contribution in [2.24, 2.45) is 0 Å². The van der Waals surface area contributed by atoms with Crippen LogP contribution in [0.5, 0.6) is 11.5 Å². The van der Waals surface area contributed by atoms with Crippen molar-refractivity contribution in [1.82, 2.24) is 0 Å². The topological polar surface area (TPSA) is 127 Å². The molecule has 0 atom stereocenters. The second-order valence-corrected chi connectivity index (χ2v) is 7.73. The molecule has 0 bridgehead atoms. The minimum Gasteiger partial charge on any atom is -0.497 e. The van der Waals surface area contributed by atoms with Gasteiger partial charge in [0.1, 0.15) is 22.9 Å². The molecule has 11 heteroatoms. The quantitative estimate of drug-likeness (QED) is 0.373. The lowest BCUT2D eigenvalue weighted by atomic mass is 9.79. The van der Waals surface area contributed by atoms with Gasteiger partial charge in [0.2, 0.25) is 0 Å². The fourth-order valence-electron chi connectivity index (χ4n) is 4.13. The van der Waals surface area contributed by atoms with E-state index in [9.17, 15) is 19.2 Å². The minimum absolute atomic E-state index is 0.225. The van der Waals surface area contributed by atoms with Crippen LogP contribution in [-0.2, 0) is 38.1 Å². The van der Waals surface area contributed by atoms with Crippen LogP contribution in [0.25, 0.3) is 0 Å². The zero-order valence-electron chi connectivity index (χ0n) is 21.7. The number of esters is 4. The molecule has 1 aliphatic rings. The lowest BCUT2D eigenvalue weighted by Gasteiger charge is -2.37. The van der Waals surface area contributed by atoms with Crippen LogP contribution < -0.4 is 14.4 Å². The van der Waals surface area contributed by atoms with Crippen molar-refractivity contribution in [3.63, 3.8) is 0 Å². The van der Waals surface area contributed by atoms with Crippen molar-refractivity contribution in [3.8, 4) is 11.5 Å². The highest BCUT2D eigenvalue weighted by Crippen LogP contribution is 2.46. The molecule has 0 spiro atoms. The van der Waals surface area contributed by atoms with Crippen LogP contribution in [0.2, 0.25) is 0 Å². The maximum atomic E-state index is 13.3. The van der Waals surface area contributed by atoms with E-state index in [0.29, 0.717) is 17.1 Å². The Morgan fingerprint density at radius 1 is 0.553 bits per heavy atom. The van der Waals surface area contributed by atoms with E-state index in [1.807, 2.05) is 0 Å². The first-order valence-electron chi connectivity index (χ1n) is 11.2. The molecule has 11 nitrogen and oxygen atoms in total. The van der Waals surface area contributed by atoms with E-state index in [1.54, 1.807) is 36.4 Å². The van der Waals surface area contributed by atoms with Gasteiger partial charge >= 0.3 is 23.9 Å². The fourth-order valence-corrected chi connectivity index (χ4v) is 4.13. The first kappa shape index (κ1) is 27.8. The van der Waals surface area contributed by atoms with E-state index in [1.165, 1.54) is 26.4 Å². The molecule has 200 valence electrons. The van der Waals surface area contributed by atoms with Crippen LogP contribution >= 0.6 is 0 Å². The van der Waals surface area contributed by atoms with Crippen LogP contribution in [0.3, 0.4) is 0 Å². The van der Waals surface area contributed by atoms with Gasteiger partial charge in [-0.1, -0.05) is 12.1 Å². The summed E-state index contributed by atoms with van der Waals surface area (Å²) in [4.78, 5) is 54.4. The number of methoxy groups -OCH3 is 6. The summed E-state index contributed by atoms with van der Waals surface area (Å²) in [7, 11) is 7.45. The van der Waals surface area contributed by atoms with Gasteiger partial charge < -0.3 is 28.4 Å². The van der Waals surface area contributed by atoms with Gasteiger partial charge in [-0.05, 0) is 42.0 Å². The Kier molecular flexibility index (Phi) is 8.74. The number of carbonyl (C=O) groups excluding carboxylic acids is 4. The van der Waals surface area contributed by atoms with E-state index in [4.69, 9.17) is 28.4 Å². The number of benzene rings is 2. The molecule has 0 aromatic heterocycles. The molecule has 2 aromatic rings. The number of anilines is 1. The third-order valence-electron chi connectivity index (χ3n) is 5.88. The highest BCUT2D eigenvalue weighted by Gasteiger charge is 2.48. The summed E-state index contributed by atoms with van der Waals surface area (Å²) in [5.41, 5.74) is -0.620. The van der Waals surface area contributed by atoms with E-state index in [-0.39, 0.29) is 28.2 Å². The third-order valence-corrected chi connectivity index (χ3v) is 5.88. The molecular formula is C27H27NO10. The minimum atomic E-state index is -1.28. The number of carbonyl (C=O) groups is 4. The number of hydrogen-bond acceptors (Lipinski definition) is 11. The molecule has 0 radical (unpaired) electrons. The maximum absolute atomic E-state index is 13.3. The lowest BCUT2D eigenvalue weighted by molar-refractivity contribution is -0.141. The SMILES string of the molecule is COC(=O)C1=C(C(=O)OC)N(c2ccc(OC)cc2)C(C(=O)OC)=C(C(=O)OC)C1c1ccc(OC)cc1. The van der Waals surface area contributed by atoms with Gasteiger partial charge in [0.15, 0.2) is 0 Å². The first-order valence-corrected chi connectivity index (χ1v) is 11.2. The molecular weight excluding hydrogens is 498 g/mol. The Morgan fingerprint density at radius 3 is 1.26 bits per heavy atom. The Hall–Kier alpha value is -4.80. The van der Waals surface area contributed by atoms with Crippen LogP contribution in [0, 0.1) is 0 Å². The molecule has 3 rings (SSSR count). The summed E-state index contributed by atoms with van der Waals surface area (Å²) < 4.78 is 30.6. The van der Waals surface area contributed by atoms with Crippen LogP contribution in [0.4, 0.5) is 5.69 Å². The second kappa shape index (κ2) is 12.0. The number of hydrogen-bond donors (Lipinski definition) is 0. The Labute approximate surface area is 219 Å². The van der Waals surface area contributed by atoms with Crippen LogP contribution in [0.15, 0.2) is 71.1 Å². The van der Waals surface area contributed by atoms with Crippen molar-refractivity contribution >= 4 is 29.6 Å². The van der Waals surface area contributed by atoms with E-state index < -0.39 is 29.8 Å². The molecule has 0 aliphatic carbocycles. The highest BCUT2D eigenvalue weighted by atomic mass is 16.5. The standard InChI is InChI=1S/C27H27NO10/c1-33-17-11-7-15(8-12-17)19-20(24(29)35-3)22(26(31)37-5)28(16-9-13-18(34-2)14-10-16)23(27(32)38-6)21(19)25(30)36-4/h7-14,19H,1-6H3. The largest absolute Gasteiger partial charge is 0.497 e. The zero-order chi connectivity index (χ0) is 28.0. The smallest absolute Gasteiger partial charge is 0.355 e. The summed E-state index contributed by atoms with van der Waals surface area (Å²) in [5, 5.41) is 0. The lowest BCUT2D eigenvalue weighted by Crippen LogP contribution is -2.42. The highest BCUT2D eigenvalue weighted by molar-refractivity contribution is 6.14. The maximum Gasteiger partial charge on any atom is 0.355 e. The van der Waals surface area contributed by atoms with Gasteiger partial charge in [-0.15, -0.1) is 0 Å². The molecule has 1 heterocycles. The average Bonchev–Trinajstić information content (AvgIpc) is 2.97. The average molecular weight is 526 g/mol. The molecule has 0 N–H and O–H groups in total. The number of nitrogens with zero attached hydrogens (tertiary/aromatic N) is 1. The summed E-state index contributed by atoms with van der Waals surface area (Å²) in [6.45, 7) is 0. The molecule has 0 saturated heterocycles. The molecule has 0 amide bonds. The number of ether oxygens (including phenoxy) is 6. The van der Waals surface area contributed by atoms with Crippen LogP contribution in [-0.4, -0.2) is 66.5 Å². The van der Waals surface area contributed by atoms with Crippen molar-refractivity contribution in [1.29, 1.82) is 0 Å². The molecule has 38 heavy (non-hydrogen) atoms. The van der Waals surface area contributed by atoms with Crippen molar-refractivity contribution in [3.05, 3.63) is 76.6 Å². The molecule has 0 saturated carbocycles. The first-order chi connectivity index (χ1) is 18.3. The Balaban J connectivity index is 2.54. The van der Waals surface area contributed by atoms with E-state index in [2.05, 4.69) is 0 Å². The monoisotopic (exact) mass is 525 g/mol. The van der Waals surface area contributed by atoms with Gasteiger partial charge in [-0.25, -0.2) is 19.2 Å². The van der Waals surface area contributed by atoms with Crippen molar-refractivity contribution < 1.29 is 47.6 Å². The fraction of sp³-hybridized carbons (Fsp3) is 0.259. The van der Waals surface area contributed by atoms with Crippen molar-refractivity contribution in [2.75, 3.05) is 47.6 Å². The van der Waals surface area contributed by atoms with Crippen LogP contribution in [0.1, 0.15) is 11.5 Å². The van der Waals surface area contributed by atoms with Crippen molar-refractivity contribution in [2.45, 2.75) is 5.92 Å². The van der Waals surface area contributed by atoms with Gasteiger partial charge in [-0.2, -0.15) is 0 Å².